The monoisotopic (exact) mass is 385 g/mol. The Bertz CT molecular complexity index is 435. The van der Waals surface area contributed by atoms with E-state index in [1.807, 2.05) is 48.5 Å². The molecule has 0 radical (unpaired) electrons. The van der Waals surface area contributed by atoms with Gasteiger partial charge in [0.25, 0.3) is 0 Å². The summed E-state index contributed by atoms with van der Waals surface area (Å²) in [6.07, 6.45) is 0. The maximum Gasteiger partial charge on any atom is 0.0412 e. The summed E-state index contributed by atoms with van der Waals surface area (Å²) in [6, 6.07) is 15.9. The Morgan fingerprint density at radius 2 is 1.53 bits per heavy atom. The second-order valence-corrected chi connectivity index (χ2v) is 3.64. The molecule has 0 aromatic heterocycles. The molecular weight excluding hydrogens is 375 g/mol. The smallest absolute Gasteiger partial charge is 0.0412 e. The molecule has 0 heterocycles. The molecule has 2 aromatic rings. The first-order valence-corrected chi connectivity index (χ1v) is 4.81. The predicted octanol–water partition coefficient (Wildman–Crippen LogP) is 4.19. The zero-order chi connectivity index (χ0) is 9.97. The summed E-state index contributed by atoms with van der Waals surface area (Å²) in [5, 5.41) is 0.765. The van der Waals surface area contributed by atoms with Gasteiger partial charge in [0.2, 0.25) is 0 Å². The molecule has 0 N–H and O–H groups in total. The quantitative estimate of drug-likeness (QED) is 0.646. The summed E-state index contributed by atoms with van der Waals surface area (Å²) in [4.78, 5) is 0. The molecule has 0 spiro atoms. The fourth-order valence-electron chi connectivity index (χ4n) is 1.37. The van der Waals surface area contributed by atoms with Gasteiger partial charge in [-0.3, -0.25) is 0 Å². The van der Waals surface area contributed by atoms with Crippen molar-refractivity contribution in [3.8, 4) is 11.1 Å². The van der Waals surface area contributed by atoms with E-state index < -0.39 is 0 Å². The van der Waals surface area contributed by atoms with Crippen LogP contribution in [-0.2, 0) is 21.1 Å². The van der Waals surface area contributed by atoms with Gasteiger partial charge >= 0.3 is 0 Å². The van der Waals surface area contributed by atoms with E-state index in [0.717, 1.165) is 16.1 Å². The first-order valence-electron chi connectivity index (χ1n) is 4.44. The van der Waals surface area contributed by atoms with Crippen LogP contribution in [0.4, 0.5) is 0 Å². The molecule has 0 unspecified atom stereocenters. The van der Waals surface area contributed by atoms with Crippen molar-refractivity contribution in [1.82, 2.24) is 0 Å². The molecule has 2 heteroatoms. The normalized spacial score (nSPS) is 9.40. The Morgan fingerprint density at radius 1 is 0.867 bits per heavy atom. The molecular formula is C13H10ClW-. The third-order valence-corrected chi connectivity index (χ3v) is 2.35. The third kappa shape index (κ3) is 3.12. The Hall–Kier alpha value is -0.712. The summed E-state index contributed by atoms with van der Waals surface area (Å²) < 4.78 is 0. The Morgan fingerprint density at radius 3 is 2.13 bits per heavy atom. The summed E-state index contributed by atoms with van der Waals surface area (Å²) in [5.41, 5.74) is 3.33. The summed E-state index contributed by atoms with van der Waals surface area (Å²) in [5.74, 6) is 0. The van der Waals surface area contributed by atoms with Crippen LogP contribution in [0.25, 0.3) is 11.1 Å². The van der Waals surface area contributed by atoms with Crippen molar-refractivity contribution in [2.45, 2.75) is 0 Å². The van der Waals surface area contributed by atoms with Crippen LogP contribution in [0.15, 0.2) is 48.5 Å². The Balaban J connectivity index is 0.00000112. The largest absolute Gasteiger partial charge is 0.199 e. The number of rotatable bonds is 1. The van der Waals surface area contributed by atoms with Gasteiger partial charge in [0.15, 0.2) is 0 Å². The minimum absolute atomic E-state index is 0. The molecule has 15 heavy (non-hydrogen) atoms. The van der Waals surface area contributed by atoms with Crippen LogP contribution in [-0.4, -0.2) is 0 Å². The minimum Gasteiger partial charge on any atom is -0.199 e. The fourth-order valence-corrected chi connectivity index (χ4v) is 1.56. The third-order valence-electron chi connectivity index (χ3n) is 2.11. The van der Waals surface area contributed by atoms with Crippen LogP contribution in [0.2, 0.25) is 5.02 Å². The van der Waals surface area contributed by atoms with Gasteiger partial charge in [-0.25, -0.2) is 0 Å². The fraction of sp³-hybridized carbons (Fsp3) is 0. The van der Waals surface area contributed by atoms with Crippen molar-refractivity contribution >= 4 is 11.6 Å². The Kier molecular flexibility index (Phi) is 4.44. The van der Waals surface area contributed by atoms with Gasteiger partial charge in [0.1, 0.15) is 0 Å². The molecule has 0 atom stereocenters. The van der Waals surface area contributed by atoms with Crippen LogP contribution < -0.4 is 0 Å². The first kappa shape index (κ1) is 12.4. The van der Waals surface area contributed by atoms with E-state index in [2.05, 4.69) is 6.92 Å². The molecule has 76 valence electrons. The van der Waals surface area contributed by atoms with Crippen LogP contribution in [0.5, 0.6) is 0 Å². The second-order valence-electron chi connectivity index (χ2n) is 3.21. The molecule has 0 amide bonds. The maximum atomic E-state index is 5.91. The topological polar surface area (TPSA) is 0 Å². The average molecular weight is 386 g/mol. The standard InChI is InChI=1S/C13H10Cl.W/c1-10-5-7-11(8-6-10)12-3-2-4-13(14)9-12;/h2-9H,1H2;/q-1;. The van der Waals surface area contributed by atoms with Crippen LogP contribution >= 0.6 is 11.6 Å². The summed E-state index contributed by atoms with van der Waals surface area (Å²) >= 11 is 5.91. The van der Waals surface area contributed by atoms with Crippen molar-refractivity contribution in [2.75, 3.05) is 0 Å². The number of halogens is 1. The van der Waals surface area contributed by atoms with Crippen molar-refractivity contribution < 1.29 is 21.1 Å². The summed E-state index contributed by atoms with van der Waals surface area (Å²) in [6.45, 7) is 3.85. The van der Waals surface area contributed by atoms with E-state index >= 15 is 0 Å². The van der Waals surface area contributed by atoms with E-state index in [1.54, 1.807) is 0 Å². The molecule has 0 aliphatic carbocycles. The molecule has 0 saturated carbocycles. The number of hydrogen-bond donors (Lipinski definition) is 0. The van der Waals surface area contributed by atoms with Gasteiger partial charge in [-0.1, -0.05) is 23.7 Å². The van der Waals surface area contributed by atoms with Crippen molar-refractivity contribution in [3.63, 3.8) is 0 Å². The zero-order valence-electron chi connectivity index (χ0n) is 8.11. The van der Waals surface area contributed by atoms with Crippen LogP contribution in [0, 0.1) is 6.92 Å². The van der Waals surface area contributed by atoms with Gasteiger partial charge in [-0.2, -0.15) is 24.6 Å². The zero-order valence-corrected chi connectivity index (χ0v) is 11.8. The van der Waals surface area contributed by atoms with Crippen LogP contribution in [0.1, 0.15) is 5.56 Å². The van der Waals surface area contributed by atoms with Crippen LogP contribution in [0.3, 0.4) is 0 Å². The molecule has 2 rings (SSSR count). The van der Waals surface area contributed by atoms with Gasteiger partial charge in [0, 0.05) is 26.1 Å². The van der Waals surface area contributed by atoms with E-state index in [9.17, 15) is 0 Å². The van der Waals surface area contributed by atoms with Gasteiger partial charge in [0.05, 0.1) is 0 Å². The Labute approximate surface area is 110 Å². The number of hydrogen-bond acceptors (Lipinski definition) is 0. The molecule has 0 bridgehead atoms. The van der Waals surface area contributed by atoms with E-state index in [-0.39, 0.29) is 21.1 Å². The van der Waals surface area contributed by atoms with E-state index in [4.69, 9.17) is 11.6 Å². The molecule has 0 aliphatic heterocycles. The first-order chi connectivity index (χ1) is 6.75. The predicted molar refractivity (Wildman–Crippen MR) is 61.3 cm³/mol. The minimum atomic E-state index is 0. The van der Waals surface area contributed by atoms with Crippen molar-refractivity contribution in [2.24, 2.45) is 0 Å². The molecule has 0 fully saturated rings. The molecule has 0 aliphatic rings. The van der Waals surface area contributed by atoms with Gasteiger partial charge in [-0.15, -0.1) is 12.1 Å². The molecule has 0 saturated heterocycles. The maximum absolute atomic E-state index is 5.91. The van der Waals surface area contributed by atoms with Gasteiger partial charge in [-0.05, 0) is 23.3 Å². The van der Waals surface area contributed by atoms with Crippen molar-refractivity contribution in [3.05, 3.63) is 66.0 Å². The van der Waals surface area contributed by atoms with E-state index in [0.29, 0.717) is 0 Å². The molecule has 2 aromatic carbocycles. The van der Waals surface area contributed by atoms with Crippen molar-refractivity contribution in [1.29, 1.82) is 0 Å². The summed E-state index contributed by atoms with van der Waals surface area (Å²) in [7, 11) is 0. The second kappa shape index (κ2) is 5.39. The van der Waals surface area contributed by atoms with Gasteiger partial charge < -0.3 is 0 Å². The van der Waals surface area contributed by atoms with E-state index in [1.165, 1.54) is 5.56 Å². The SMILES string of the molecule is [CH2-]c1ccc(-c2cccc(Cl)c2)cc1.[W]. The molecule has 0 nitrogen and oxygen atoms in total. The number of benzene rings is 2. The average Bonchev–Trinajstić information content (AvgIpc) is 2.19.